The first-order valence-electron chi connectivity index (χ1n) is 7.40. The zero-order chi connectivity index (χ0) is 14.7. The minimum atomic E-state index is 0.583. The van der Waals surface area contributed by atoms with Crippen LogP contribution in [-0.2, 0) is 0 Å². The summed E-state index contributed by atoms with van der Waals surface area (Å²) in [4.78, 5) is 9.25. The summed E-state index contributed by atoms with van der Waals surface area (Å²) in [5, 5.41) is 9.37. The maximum atomic E-state index is 9.37. The van der Waals surface area contributed by atoms with Crippen LogP contribution in [0.2, 0.25) is 0 Å². The molecule has 1 aromatic rings. The lowest BCUT2D eigenvalue weighted by molar-refractivity contribution is 0.270. The van der Waals surface area contributed by atoms with Crippen molar-refractivity contribution >= 4 is 5.82 Å². The number of likely N-dealkylation sites (N-methyl/N-ethyl adjacent to an activating group) is 2. The predicted octanol–water partition coefficient (Wildman–Crippen LogP) is 2.49. The van der Waals surface area contributed by atoms with Crippen LogP contribution in [0.5, 0.6) is 0 Å². The van der Waals surface area contributed by atoms with Gasteiger partial charge < -0.3 is 4.90 Å². The second kappa shape index (κ2) is 6.23. The highest BCUT2D eigenvalue weighted by atomic mass is 15.2. The molecule has 1 atom stereocenters. The van der Waals surface area contributed by atoms with Gasteiger partial charge >= 0.3 is 0 Å². The zero-order valence-electron chi connectivity index (χ0n) is 13.0. The average Bonchev–Trinajstić information content (AvgIpc) is 2.85. The van der Waals surface area contributed by atoms with Crippen molar-refractivity contribution in [1.82, 2.24) is 9.88 Å². The highest BCUT2D eigenvalue weighted by Crippen LogP contribution is 2.24. The molecular formula is C16H24N4. The van der Waals surface area contributed by atoms with E-state index in [1.807, 2.05) is 27.0 Å². The second-order valence-corrected chi connectivity index (χ2v) is 5.70. The van der Waals surface area contributed by atoms with Gasteiger partial charge in [0.05, 0.1) is 5.56 Å². The van der Waals surface area contributed by atoms with E-state index in [2.05, 4.69) is 27.8 Å². The maximum Gasteiger partial charge on any atom is 0.146 e. The fraction of sp³-hybridized carbons (Fsp3) is 0.625. The van der Waals surface area contributed by atoms with Crippen LogP contribution in [0.1, 0.15) is 36.6 Å². The SMILES string of the molecule is CCN1CCCC1CN(C)c1nc(C)cc(C)c1C#N. The number of rotatable bonds is 4. The molecule has 108 valence electrons. The molecule has 1 aliphatic rings. The van der Waals surface area contributed by atoms with Crippen LogP contribution < -0.4 is 4.90 Å². The molecule has 0 aromatic carbocycles. The molecule has 1 unspecified atom stereocenters. The summed E-state index contributed by atoms with van der Waals surface area (Å²) in [6.07, 6.45) is 2.52. The van der Waals surface area contributed by atoms with Crippen molar-refractivity contribution in [1.29, 1.82) is 5.26 Å². The molecule has 1 aromatic heterocycles. The van der Waals surface area contributed by atoms with E-state index in [1.165, 1.54) is 19.4 Å². The third kappa shape index (κ3) is 2.94. The standard InChI is InChI=1S/C16H24N4/c1-5-20-8-6-7-14(20)11-19(4)16-15(10-17)12(2)9-13(3)18-16/h9,14H,5-8,11H2,1-4H3. The number of aryl methyl sites for hydroxylation is 2. The third-order valence-corrected chi connectivity index (χ3v) is 4.19. The topological polar surface area (TPSA) is 43.2 Å². The maximum absolute atomic E-state index is 9.37. The van der Waals surface area contributed by atoms with Gasteiger partial charge in [0.25, 0.3) is 0 Å². The quantitative estimate of drug-likeness (QED) is 0.844. The van der Waals surface area contributed by atoms with Gasteiger partial charge in [-0.05, 0) is 51.4 Å². The fourth-order valence-corrected chi connectivity index (χ4v) is 3.15. The minimum absolute atomic E-state index is 0.583. The van der Waals surface area contributed by atoms with Gasteiger partial charge in [0.2, 0.25) is 0 Å². The lowest BCUT2D eigenvalue weighted by atomic mass is 10.1. The molecule has 0 aliphatic carbocycles. The highest BCUT2D eigenvalue weighted by molar-refractivity contribution is 5.57. The van der Waals surface area contributed by atoms with E-state index in [4.69, 9.17) is 0 Å². The Morgan fingerprint density at radius 1 is 1.50 bits per heavy atom. The van der Waals surface area contributed by atoms with E-state index in [-0.39, 0.29) is 0 Å². The Kier molecular flexibility index (Phi) is 4.61. The molecule has 0 amide bonds. The summed E-state index contributed by atoms with van der Waals surface area (Å²) >= 11 is 0. The number of hydrogen-bond donors (Lipinski definition) is 0. The molecule has 2 heterocycles. The molecule has 0 saturated carbocycles. The zero-order valence-corrected chi connectivity index (χ0v) is 13.0. The smallest absolute Gasteiger partial charge is 0.146 e. The number of nitrogens with zero attached hydrogens (tertiary/aromatic N) is 4. The second-order valence-electron chi connectivity index (χ2n) is 5.70. The normalized spacial score (nSPS) is 19.1. The van der Waals surface area contributed by atoms with Crippen molar-refractivity contribution in [3.8, 4) is 6.07 Å². The first-order valence-corrected chi connectivity index (χ1v) is 7.40. The van der Waals surface area contributed by atoms with Crippen LogP contribution in [0.25, 0.3) is 0 Å². The first kappa shape index (κ1) is 14.8. The lowest BCUT2D eigenvalue weighted by Crippen LogP contribution is -2.39. The van der Waals surface area contributed by atoms with Crippen molar-refractivity contribution in [2.45, 2.75) is 39.7 Å². The average molecular weight is 272 g/mol. The molecule has 0 bridgehead atoms. The molecule has 1 aliphatic heterocycles. The van der Waals surface area contributed by atoms with Crippen LogP contribution in [0.15, 0.2) is 6.07 Å². The summed E-state index contributed by atoms with van der Waals surface area (Å²) in [6, 6.07) is 4.86. The molecule has 1 saturated heterocycles. The van der Waals surface area contributed by atoms with Crippen molar-refractivity contribution in [3.05, 3.63) is 22.9 Å². The van der Waals surface area contributed by atoms with E-state index < -0.39 is 0 Å². The van der Waals surface area contributed by atoms with Crippen LogP contribution in [-0.4, -0.2) is 42.6 Å². The van der Waals surface area contributed by atoms with Crippen molar-refractivity contribution in [2.75, 3.05) is 31.6 Å². The van der Waals surface area contributed by atoms with Crippen molar-refractivity contribution in [3.63, 3.8) is 0 Å². The van der Waals surface area contributed by atoms with Crippen LogP contribution in [0, 0.1) is 25.2 Å². The summed E-state index contributed by atoms with van der Waals surface area (Å²) < 4.78 is 0. The van der Waals surface area contributed by atoms with Gasteiger partial charge in [-0.3, -0.25) is 4.90 Å². The Balaban J connectivity index is 2.21. The number of nitriles is 1. The van der Waals surface area contributed by atoms with Crippen LogP contribution in [0.4, 0.5) is 5.82 Å². The van der Waals surface area contributed by atoms with E-state index in [0.717, 1.165) is 30.2 Å². The number of likely N-dealkylation sites (tertiary alicyclic amines) is 1. The molecule has 2 rings (SSSR count). The highest BCUT2D eigenvalue weighted by Gasteiger charge is 2.25. The molecular weight excluding hydrogens is 248 g/mol. The summed E-state index contributed by atoms with van der Waals surface area (Å²) in [5.74, 6) is 0.827. The summed E-state index contributed by atoms with van der Waals surface area (Å²) in [6.45, 7) is 9.43. The molecule has 20 heavy (non-hydrogen) atoms. The van der Waals surface area contributed by atoms with Gasteiger partial charge in [0.1, 0.15) is 11.9 Å². The minimum Gasteiger partial charge on any atom is -0.357 e. The van der Waals surface area contributed by atoms with Crippen molar-refractivity contribution in [2.24, 2.45) is 0 Å². The van der Waals surface area contributed by atoms with Gasteiger partial charge in [-0.2, -0.15) is 5.26 Å². The monoisotopic (exact) mass is 272 g/mol. The molecule has 0 spiro atoms. The summed E-state index contributed by atoms with van der Waals surface area (Å²) in [5.41, 5.74) is 2.70. The molecule has 4 nitrogen and oxygen atoms in total. The number of aromatic nitrogens is 1. The fourth-order valence-electron chi connectivity index (χ4n) is 3.15. The van der Waals surface area contributed by atoms with Gasteiger partial charge in [-0.15, -0.1) is 0 Å². The van der Waals surface area contributed by atoms with E-state index in [9.17, 15) is 5.26 Å². The number of pyridine rings is 1. The first-order chi connectivity index (χ1) is 9.56. The van der Waals surface area contributed by atoms with Crippen molar-refractivity contribution < 1.29 is 0 Å². The molecule has 1 fully saturated rings. The van der Waals surface area contributed by atoms with E-state index in [1.54, 1.807) is 0 Å². The van der Waals surface area contributed by atoms with Gasteiger partial charge in [0.15, 0.2) is 0 Å². The van der Waals surface area contributed by atoms with E-state index in [0.29, 0.717) is 11.6 Å². The number of anilines is 1. The predicted molar refractivity (Wildman–Crippen MR) is 82.0 cm³/mol. The van der Waals surface area contributed by atoms with Crippen LogP contribution >= 0.6 is 0 Å². The molecule has 0 N–H and O–H groups in total. The largest absolute Gasteiger partial charge is 0.357 e. The summed E-state index contributed by atoms with van der Waals surface area (Å²) in [7, 11) is 2.05. The Labute approximate surface area is 122 Å². The van der Waals surface area contributed by atoms with Gasteiger partial charge in [0, 0.05) is 25.3 Å². The Hall–Kier alpha value is -1.60. The molecule has 4 heteroatoms. The third-order valence-electron chi connectivity index (χ3n) is 4.19. The Bertz CT molecular complexity index is 518. The van der Waals surface area contributed by atoms with Crippen LogP contribution in [0.3, 0.4) is 0 Å². The Morgan fingerprint density at radius 3 is 2.90 bits per heavy atom. The van der Waals surface area contributed by atoms with Gasteiger partial charge in [-0.25, -0.2) is 4.98 Å². The molecule has 0 radical (unpaired) electrons. The number of hydrogen-bond acceptors (Lipinski definition) is 4. The van der Waals surface area contributed by atoms with Gasteiger partial charge in [-0.1, -0.05) is 6.92 Å². The Morgan fingerprint density at radius 2 is 2.25 bits per heavy atom. The van der Waals surface area contributed by atoms with E-state index >= 15 is 0 Å². The lowest BCUT2D eigenvalue weighted by Gasteiger charge is -2.29.